The van der Waals surface area contributed by atoms with E-state index in [1.54, 1.807) is 7.11 Å². The maximum Gasteiger partial charge on any atom is 0.123 e. The Labute approximate surface area is 188 Å². The molecule has 3 saturated heterocycles. The van der Waals surface area contributed by atoms with Crippen LogP contribution in [0.3, 0.4) is 0 Å². The molecule has 0 amide bonds. The molecule has 31 heavy (non-hydrogen) atoms. The molecule has 1 aromatic carbocycles. The second kappa shape index (κ2) is 8.39. The summed E-state index contributed by atoms with van der Waals surface area (Å²) in [5, 5.41) is 0.971. The predicted molar refractivity (Wildman–Crippen MR) is 128 cm³/mol. The van der Waals surface area contributed by atoms with E-state index in [1.807, 2.05) is 51.2 Å². The molecule has 0 aliphatic carbocycles. The van der Waals surface area contributed by atoms with Gasteiger partial charge in [-0.2, -0.15) is 10.6 Å². The lowest BCUT2D eigenvalue weighted by atomic mass is 9.73. The molecule has 0 saturated carbocycles. The molecule has 4 heterocycles. The summed E-state index contributed by atoms with van der Waals surface area (Å²) in [6.07, 6.45) is 12.1. The van der Waals surface area contributed by atoms with Gasteiger partial charge in [0, 0.05) is 24.2 Å². The molecule has 5 unspecified atom stereocenters. The first-order chi connectivity index (χ1) is 14.6. The fourth-order valence-corrected chi connectivity index (χ4v) is 5.68. The number of rotatable bonds is 6. The van der Waals surface area contributed by atoms with Crippen molar-refractivity contribution in [2.24, 2.45) is 11.8 Å². The number of methoxy groups -OCH3 is 1. The highest BCUT2D eigenvalue weighted by Crippen LogP contribution is 2.59. The third-order valence-electron chi connectivity index (χ3n) is 6.92. The molecule has 2 radical (unpaired) electrons. The fraction of sp³-hybridized carbons (Fsp3) is 0.520. The molecule has 6 atom stereocenters. The van der Waals surface area contributed by atoms with Gasteiger partial charge in [-0.3, -0.25) is 18.6 Å². The monoisotopic (exact) mass is 442 g/mol. The lowest BCUT2D eigenvalue weighted by molar-refractivity contribution is -0.0345. The Morgan fingerprint density at radius 2 is 2.13 bits per heavy atom. The van der Waals surface area contributed by atoms with Crippen LogP contribution in [0.15, 0.2) is 43.1 Å². The van der Waals surface area contributed by atoms with Crippen LogP contribution in [0.4, 0.5) is 0 Å². The van der Waals surface area contributed by atoms with Crippen molar-refractivity contribution in [3.63, 3.8) is 0 Å². The van der Waals surface area contributed by atoms with Crippen molar-refractivity contribution in [3.05, 3.63) is 54.9 Å². The van der Waals surface area contributed by atoms with E-state index in [0.717, 1.165) is 41.7 Å². The van der Waals surface area contributed by atoms with Crippen LogP contribution in [-0.2, 0) is 4.18 Å². The minimum absolute atomic E-state index is 0.136. The van der Waals surface area contributed by atoms with Gasteiger partial charge in [0.05, 0.1) is 23.6 Å². The topological polar surface area (TPSA) is 54.8 Å². The van der Waals surface area contributed by atoms with Crippen molar-refractivity contribution in [1.82, 2.24) is 9.88 Å². The second-order valence-corrected chi connectivity index (χ2v) is 12.3. The van der Waals surface area contributed by atoms with Gasteiger partial charge in [0.1, 0.15) is 11.9 Å². The third kappa shape index (κ3) is 4.23. The predicted octanol–water partition coefficient (Wildman–Crippen LogP) is 5.86. The molecular weight excluding hydrogens is 408 g/mol. The molecule has 2 aromatic rings. The summed E-state index contributed by atoms with van der Waals surface area (Å²) in [5.74, 6) is 1.85. The van der Waals surface area contributed by atoms with E-state index >= 15 is 0 Å². The number of ether oxygens (including phenoxy) is 1. The number of benzene rings is 1. The van der Waals surface area contributed by atoms with Crippen LogP contribution < -0.4 is 4.74 Å². The summed E-state index contributed by atoms with van der Waals surface area (Å²) in [7, 11) is -1.15. The van der Waals surface area contributed by atoms with Crippen LogP contribution in [0.1, 0.15) is 45.3 Å². The summed E-state index contributed by atoms with van der Waals surface area (Å²) >= 11 is 0. The Kier molecular flexibility index (Phi) is 6.12. The van der Waals surface area contributed by atoms with Crippen LogP contribution >= 0.6 is 10.6 Å². The fourth-order valence-electron chi connectivity index (χ4n) is 4.84. The summed E-state index contributed by atoms with van der Waals surface area (Å²) < 4.78 is 22.6. The Morgan fingerprint density at radius 3 is 2.74 bits per heavy atom. The van der Waals surface area contributed by atoms with Gasteiger partial charge >= 0.3 is 0 Å². The Hall–Kier alpha value is -1.60. The molecule has 5 nitrogen and oxygen atoms in total. The highest BCUT2D eigenvalue weighted by Gasteiger charge is 2.45. The van der Waals surface area contributed by atoms with Gasteiger partial charge in [-0.1, -0.05) is 6.08 Å². The molecule has 0 spiro atoms. The summed E-state index contributed by atoms with van der Waals surface area (Å²) in [4.78, 5) is 7.03. The van der Waals surface area contributed by atoms with E-state index < -0.39 is 15.3 Å². The summed E-state index contributed by atoms with van der Waals surface area (Å²) in [5.41, 5.74) is 1.87. The second-order valence-electron chi connectivity index (χ2n) is 9.73. The van der Waals surface area contributed by atoms with Crippen LogP contribution in [0.2, 0.25) is 0 Å². The first kappa shape index (κ1) is 22.6. The van der Waals surface area contributed by atoms with Gasteiger partial charge in [-0.05, 0) is 81.8 Å². The molecule has 6 heteroatoms. The first-order valence-corrected chi connectivity index (χ1v) is 12.5. The highest BCUT2D eigenvalue weighted by molar-refractivity contribution is 8.27. The molecule has 2 bridgehead atoms. The van der Waals surface area contributed by atoms with E-state index in [-0.39, 0.29) is 12.1 Å². The number of fused-ring (bicyclic) bond motifs is 4. The largest absolute Gasteiger partial charge is 0.497 e. The van der Waals surface area contributed by atoms with Gasteiger partial charge < -0.3 is 4.74 Å². The molecule has 1 aromatic heterocycles. The molecule has 5 rings (SSSR count). The van der Waals surface area contributed by atoms with Crippen LogP contribution in [0.25, 0.3) is 10.9 Å². The van der Waals surface area contributed by atoms with Crippen molar-refractivity contribution in [3.8, 4) is 5.75 Å². The van der Waals surface area contributed by atoms with Gasteiger partial charge in [0.15, 0.2) is 0 Å². The smallest absolute Gasteiger partial charge is 0.123 e. The average molecular weight is 443 g/mol. The minimum atomic E-state index is -2.81. The summed E-state index contributed by atoms with van der Waals surface area (Å²) in [6.45, 7) is 11.8. The zero-order valence-corrected chi connectivity index (χ0v) is 19.8. The Bertz CT molecular complexity index is 955. The standard InChI is InChI=1S/C25H34N2O3S/c1-7-17-16-27-13-11-18(17)14-23(27)24(30-31(6,28)25(2,3)4)20-10-12-26-22-9-8-19(29-5)15-21(20)22/h6-10,12,15,17-18,23-24,28H,1,11,13-14,16H2,2-5H3/t17?,18?,23?,24-/m1/s1. The summed E-state index contributed by atoms with van der Waals surface area (Å²) in [6, 6.07) is 8.01. The number of hydrogen-bond donors (Lipinski definition) is 1. The van der Waals surface area contributed by atoms with E-state index in [0.29, 0.717) is 11.8 Å². The molecule has 1 N–H and O–H groups in total. The van der Waals surface area contributed by atoms with E-state index in [2.05, 4.69) is 22.5 Å². The molecule has 168 valence electrons. The lowest BCUT2D eigenvalue weighted by Crippen LogP contribution is -2.55. The van der Waals surface area contributed by atoms with Crippen LogP contribution in [-0.4, -0.2) is 45.4 Å². The van der Waals surface area contributed by atoms with Gasteiger partial charge in [0.25, 0.3) is 0 Å². The number of piperidine rings is 3. The molecular formula is C25H34N2O3S. The average Bonchev–Trinajstić information content (AvgIpc) is 2.76. The molecule has 3 fully saturated rings. The van der Waals surface area contributed by atoms with Crippen molar-refractivity contribution in [2.45, 2.75) is 50.5 Å². The van der Waals surface area contributed by atoms with E-state index in [4.69, 9.17) is 15.2 Å². The number of aromatic nitrogens is 1. The molecule has 3 aliphatic heterocycles. The van der Waals surface area contributed by atoms with Gasteiger partial charge in [0.2, 0.25) is 0 Å². The number of pyridine rings is 1. The third-order valence-corrected chi connectivity index (χ3v) is 9.18. The van der Waals surface area contributed by atoms with Crippen molar-refractivity contribution in [2.75, 3.05) is 20.2 Å². The highest BCUT2D eigenvalue weighted by atomic mass is 32.3. The van der Waals surface area contributed by atoms with Gasteiger partial charge in [-0.25, -0.2) is 0 Å². The Balaban J connectivity index is 1.81. The van der Waals surface area contributed by atoms with E-state index in [1.165, 1.54) is 6.42 Å². The van der Waals surface area contributed by atoms with Crippen LogP contribution in [0, 0.1) is 18.1 Å². The SMILES string of the molecule is [CH]S(O)(O[C@H](c1ccnc2ccc(OC)cc12)C1CC2CCN1CC2C=C)C(C)(C)C. The quantitative estimate of drug-likeness (QED) is 0.568. The normalized spacial score (nSPS) is 29.9. The van der Waals surface area contributed by atoms with E-state index in [9.17, 15) is 4.55 Å². The van der Waals surface area contributed by atoms with Crippen molar-refractivity contribution in [1.29, 1.82) is 0 Å². The van der Waals surface area contributed by atoms with Crippen molar-refractivity contribution >= 4 is 21.5 Å². The Morgan fingerprint density at radius 1 is 1.35 bits per heavy atom. The first-order valence-electron chi connectivity index (χ1n) is 10.9. The zero-order valence-electron chi connectivity index (χ0n) is 19.0. The molecule has 3 aliphatic rings. The minimum Gasteiger partial charge on any atom is -0.497 e. The number of hydrogen-bond acceptors (Lipinski definition) is 5. The maximum absolute atomic E-state index is 11.2. The van der Waals surface area contributed by atoms with Crippen molar-refractivity contribution < 1.29 is 13.5 Å². The maximum atomic E-state index is 11.2. The van der Waals surface area contributed by atoms with Crippen LogP contribution in [0.5, 0.6) is 5.75 Å². The lowest BCUT2D eigenvalue weighted by Gasteiger charge is -2.54. The van der Waals surface area contributed by atoms with Gasteiger partial charge in [-0.15, -0.1) is 6.58 Å². The number of nitrogens with zero attached hydrogens (tertiary/aromatic N) is 2. The zero-order chi connectivity index (χ0) is 22.4.